The van der Waals surface area contributed by atoms with Gasteiger partial charge in [-0.1, -0.05) is 41.5 Å². The Morgan fingerprint density at radius 1 is 0.878 bits per heavy atom. The first-order valence-electron chi connectivity index (χ1n) is 16.1. The van der Waals surface area contributed by atoms with E-state index in [4.69, 9.17) is 0 Å². The van der Waals surface area contributed by atoms with Crippen molar-refractivity contribution in [2.45, 2.75) is 31.8 Å². The molecule has 1 atom stereocenters. The molecule has 1 aliphatic carbocycles. The maximum Gasteiger partial charge on any atom is 0.321 e. The van der Waals surface area contributed by atoms with E-state index in [1.54, 1.807) is 54.6 Å². The third kappa shape index (κ3) is 6.86. The second-order valence-corrected chi connectivity index (χ2v) is 12.4. The number of fused-ring (bicyclic) bond motifs is 5. The molecule has 250 valence electrons. The molecule has 3 fully saturated rings. The van der Waals surface area contributed by atoms with Crippen molar-refractivity contribution in [1.29, 1.82) is 0 Å². The van der Waals surface area contributed by atoms with E-state index >= 15 is 4.39 Å². The van der Waals surface area contributed by atoms with Crippen LogP contribution in [-0.4, -0.2) is 80.8 Å². The van der Waals surface area contributed by atoms with Gasteiger partial charge in [-0.05, 0) is 79.1 Å². The van der Waals surface area contributed by atoms with Crippen LogP contribution in [0.2, 0.25) is 0 Å². The van der Waals surface area contributed by atoms with Crippen molar-refractivity contribution >= 4 is 46.8 Å². The number of aromatic nitrogens is 4. The topological polar surface area (TPSA) is 178 Å². The first kappa shape index (κ1) is 31.6. The molecule has 4 heterocycles. The molecule has 4 N–H and O–H groups in total. The summed E-state index contributed by atoms with van der Waals surface area (Å²) in [6, 6.07) is 18.2. The first-order valence-corrected chi connectivity index (χ1v) is 16.1. The first-order chi connectivity index (χ1) is 23.8. The van der Waals surface area contributed by atoms with E-state index in [0.29, 0.717) is 36.2 Å². The largest absolute Gasteiger partial charge is 0.341 e. The second kappa shape index (κ2) is 13.6. The van der Waals surface area contributed by atoms with Crippen LogP contribution in [0.1, 0.15) is 47.2 Å². The predicted octanol–water partition coefficient (Wildman–Crippen LogP) is 3.57. The van der Waals surface area contributed by atoms with Gasteiger partial charge in [0.1, 0.15) is 12.4 Å². The molecule has 3 aliphatic heterocycles. The van der Waals surface area contributed by atoms with Crippen LogP contribution in [0.4, 0.5) is 26.5 Å². The number of carbonyl (C=O) groups is 4. The maximum atomic E-state index is 15.3. The number of aromatic amines is 1. The molecule has 8 rings (SSSR count). The fraction of sp³-hybridized carbons (Fsp3) is 0.294. The van der Waals surface area contributed by atoms with E-state index < -0.39 is 29.8 Å². The summed E-state index contributed by atoms with van der Waals surface area (Å²) in [7, 11) is 0. The average Bonchev–Trinajstić information content (AvgIpc) is 3.38. The van der Waals surface area contributed by atoms with Gasteiger partial charge in [-0.15, -0.1) is 5.10 Å². The number of carbonyl (C=O) groups excluding carboxylic acids is 4. The van der Waals surface area contributed by atoms with Gasteiger partial charge in [0.05, 0.1) is 11.4 Å². The van der Waals surface area contributed by atoms with Gasteiger partial charge in [0, 0.05) is 35.5 Å². The van der Waals surface area contributed by atoms with Crippen molar-refractivity contribution in [3.63, 3.8) is 0 Å². The summed E-state index contributed by atoms with van der Waals surface area (Å²) >= 11 is 0. The Labute approximate surface area is 280 Å². The lowest BCUT2D eigenvalue weighted by Gasteiger charge is -2.29. The lowest BCUT2D eigenvalue weighted by Crippen LogP contribution is -2.51. The molecule has 49 heavy (non-hydrogen) atoms. The zero-order valence-electron chi connectivity index (χ0n) is 26.3. The van der Waals surface area contributed by atoms with Gasteiger partial charge in [0.25, 0.3) is 17.8 Å². The fourth-order valence-corrected chi connectivity index (χ4v) is 6.71. The van der Waals surface area contributed by atoms with E-state index in [1.165, 1.54) is 23.1 Å². The van der Waals surface area contributed by atoms with E-state index in [0.717, 1.165) is 25.7 Å². The van der Waals surface area contributed by atoms with E-state index in [9.17, 15) is 19.2 Å². The van der Waals surface area contributed by atoms with Crippen molar-refractivity contribution in [2.75, 3.05) is 35.2 Å². The monoisotopic (exact) mass is 664 g/mol. The Hall–Kier alpha value is -5.99. The summed E-state index contributed by atoms with van der Waals surface area (Å²) in [5.41, 5.74) is 1.53. The number of anilines is 3. The Morgan fingerprint density at radius 2 is 1.59 bits per heavy atom. The van der Waals surface area contributed by atoms with Gasteiger partial charge in [-0.3, -0.25) is 24.6 Å². The van der Waals surface area contributed by atoms with Crippen molar-refractivity contribution < 1.29 is 23.6 Å². The number of amides is 5. The molecule has 1 aromatic heterocycles. The number of hydrogen-bond donors (Lipinski definition) is 4. The molecule has 0 spiro atoms. The van der Waals surface area contributed by atoms with Gasteiger partial charge < -0.3 is 15.5 Å². The van der Waals surface area contributed by atoms with Crippen LogP contribution in [0.5, 0.6) is 0 Å². The number of nitrogens with zero attached hydrogens (tertiary/aromatic N) is 6. The Balaban J connectivity index is 1.17. The minimum absolute atomic E-state index is 0.0243. The van der Waals surface area contributed by atoms with Crippen LogP contribution in [0.15, 0.2) is 77.8 Å². The fourth-order valence-electron chi connectivity index (χ4n) is 6.71. The quantitative estimate of drug-likeness (QED) is 0.233. The normalized spacial score (nSPS) is 20.1. The van der Waals surface area contributed by atoms with E-state index in [1.807, 2.05) is 4.90 Å². The average molecular weight is 665 g/mol. The van der Waals surface area contributed by atoms with Crippen molar-refractivity contribution in [2.24, 2.45) is 16.8 Å². The number of H-pyrrole nitrogens is 1. The number of aliphatic imine (C=N–C) groups is 1. The minimum Gasteiger partial charge on any atom is -0.341 e. The van der Waals surface area contributed by atoms with Gasteiger partial charge in [0.15, 0.2) is 0 Å². The van der Waals surface area contributed by atoms with Crippen LogP contribution < -0.4 is 20.9 Å². The molecule has 1 saturated carbocycles. The molecule has 15 heteroatoms. The van der Waals surface area contributed by atoms with Gasteiger partial charge in [-0.25, -0.2) is 14.2 Å². The highest BCUT2D eigenvalue weighted by molar-refractivity contribution is 6.21. The number of tetrazole rings is 1. The molecule has 5 amide bonds. The lowest BCUT2D eigenvalue weighted by molar-refractivity contribution is -0.132. The van der Waals surface area contributed by atoms with E-state index in [2.05, 4.69) is 41.6 Å². The predicted molar refractivity (Wildman–Crippen MR) is 177 cm³/mol. The van der Waals surface area contributed by atoms with Gasteiger partial charge in [-0.2, -0.15) is 5.21 Å². The highest BCUT2D eigenvalue weighted by Gasteiger charge is 2.37. The van der Waals surface area contributed by atoms with Crippen molar-refractivity contribution in [1.82, 2.24) is 30.8 Å². The number of para-hydroxylation sites is 1. The molecule has 2 saturated heterocycles. The van der Waals surface area contributed by atoms with Crippen LogP contribution in [0, 0.1) is 17.7 Å². The minimum atomic E-state index is -1.53. The Kier molecular flexibility index (Phi) is 8.79. The summed E-state index contributed by atoms with van der Waals surface area (Å²) in [5, 5.41) is 20.7. The number of halogens is 1. The smallest absolute Gasteiger partial charge is 0.321 e. The summed E-state index contributed by atoms with van der Waals surface area (Å²) in [4.78, 5) is 62.0. The number of rotatable bonds is 7. The highest BCUT2D eigenvalue weighted by Crippen LogP contribution is 2.34. The summed E-state index contributed by atoms with van der Waals surface area (Å²) in [6.45, 7) is 1.02. The number of nitrogens with one attached hydrogen (secondary N) is 4. The highest BCUT2D eigenvalue weighted by atomic mass is 19.1. The lowest BCUT2D eigenvalue weighted by atomic mass is 9.84. The zero-order valence-corrected chi connectivity index (χ0v) is 26.3. The SMILES string of the molecule is O=C(Nc1cccc(C(=O)Nc2nn[nH]n2)c1)NC1N=C(c2ccccc2F)c2ccccc2N(CC(=O)N2CC3CCC(CC3)C2)C1=O. The summed E-state index contributed by atoms with van der Waals surface area (Å²) in [5.74, 6) is -1.11. The van der Waals surface area contributed by atoms with Crippen LogP contribution in [-0.2, 0) is 9.59 Å². The van der Waals surface area contributed by atoms with Crippen LogP contribution in [0.3, 0.4) is 0 Å². The van der Waals surface area contributed by atoms with Crippen molar-refractivity contribution in [3.05, 3.63) is 95.3 Å². The molecule has 0 radical (unpaired) electrons. The summed E-state index contributed by atoms with van der Waals surface area (Å²) < 4.78 is 15.3. The zero-order chi connectivity index (χ0) is 33.9. The Morgan fingerprint density at radius 3 is 2.31 bits per heavy atom. The second-order valence-electron chi connectivity index (χ2n) is 12.4. The number of urea groups is 1. The molecule has 4 aliphatic rings. The molecule has 2 bridgehead atoms. The van der Waals surface area contributed by atoms with Gasteiger partial charge >= 0.3 is 6.03 Å². The summed E-state index contributed by atoms with van der Waals surface area (Å²) in [6.07, 6.45) is 2.83. The third-order valence-electron chi connectivity index (χ3n) is 9.13. The Bertz CT molecular complexity index is 1910. The third-order valence-corrected chi connectivity index (χ3v) is 9.13. The molecule has 4 aromatic rings. The number of hydrogen-bond acceptors (Lipinski definition) is 8. The molecule has 14 nitrogen and oxygen atoms in total. The molecular weight excluding hydrogens is 631 g/mol. The number of benzene rings is 3. The maximum absolute atomic E-state index is 15.3. The molecule has 3 aromatic carbocycles. The van der Waals surface area contributed by atoms with Crippen LogP contribution in [0.25, 0.3) is 0 Å². The van der Waals surface area contributed by atoms with E-state index in [-0.39, 0.29) is 40.9 Å². The standard InChI is InChI=1S/C34H33FN10O4/c35-26-10-3-1-8-24(26)29-25-9-2-4-11-27(25)45(19-28(46)44-17-20-12-13-21(18-44)15-14-20)32(48)30(37-29)38-34(49)36-23-7-5-6-22(16-23)31(47)39-33-40-42-43-41-33/h1-11,16,20-21,30H,12-15,17-19H2,(H2,36,38,49)(H2,39,40,41,42,43,47). The molecule has 1 unspecified atom stereocenters. The number of benzodiazepines with no additional fused rings is 1. The molecular formula is C34H33FN10O4. The van der Waals surface area contributed by atoms with Crippen LogP contribution >= 0.6 is 0 Å². The van der Waals surface area contributed by atoms with Crippen molar-refractivity contribution in [3.8, 4) is 0 Å². The van der Waals surface area contributed by atoms with Gasteiger partial charge in [0.2, 0.25) is 12.1 Å².